The van der Waals surface area contributed by atoms with Crippen LogP contribution >= 0.6 is 27.3 Å². The third-order valence-electron chi connectivity index (χ3n) is 2.53. The van der Waals surface area contributed by atoms with Gasteiger partial charge in [0, 0.05) is 33.9 Å². The molecule has 0 aliphatic carbocycles. The number of hydrogen-bond donors (Lipinski definition) is 2. The van der Waals surface area contributed by atoms with E-state index in [2.05, 4.69) is 38.0 Å². The first kappa shape index (κ1) is 17.5. The molecule has 0 fully saturated rings. The van der Waals surface area contributed by atoms with E-state index in [1.54, 1.807) is 11.3 Å². The van der Waals surface area contributed by atoms with Crippen molar-refractivity contribution in [3.05, 3.63) is 20.8 Å². The molecule has 6 heteroatoms. The summed E-state index contributed by atoms with van der Waals surface area (Å²) in [6, 6.07) is 2.17. The summed E-state index contributed by atoms with van der Waals surface area (Å²) in [6.07, 6.45) is 0.505. The van der Waals surface area contributed by atoms with Gasteiger partial charge in [0.15, 0.2) is 0 Å². The lowest BCUT2D eigenvalue weighted by Gasteiger charge is -2.23. The van der Waals surface area contributed by atoms with Crippen LogP contribution in [0.1, 0.15) is 39.0 Å². The summed E-state index contributed by atoms with van der Waals surface area (Å²) < 4.78 is 6.37. The van der Waals surface area contributed by atoms with Crippen molar-refractivity contribution in [3.63, 3.8) is 0 Å². The fourth-order valence-electron chi connectivity index (χ4n) is 1.59. The molecule has 114 valence electrons. The van der Waals surface area contributed by atoms with Crippen LogP contribution in [0.15, 0.2) is 15.9 Å². The van der Waals surface area contributed by atoms with Crippen LogP contribution in [0.4, 0.5) is 4.79 Å². The fourth-order valence-corrected chi connectivity index (χ4v) is 3.01. The zero-order valence-corrected chi connectivity index (χ0v) is 14.9. The van der Waals surface area contributed by atoms with Gasteiger partial charge in [-0.2, -0.15) is 0 Å². The van der Waals surface area contributed by atoms with Gasteiger partial charge in [0.2, 0.25) is 0 Å². The minimum absolute atomic E-state index is 0.0771. The smallest absolute Gasteiger partial charge is 0.407 e. The Morgan fingerprint density at radius 2 is 2.20 bits per heavy atom. The highest BCUT2D eigenvalue weighted by atomic mass is 79.9. The number of halogens is 1. The van der Waals surface area contributed by atoms with Crippen molar-refractivity contribution >= 4 is 33.4 Å². The lowest BCUT2D eigenvalue weighted by atomic mass is 10.2. The molecule has 0 aliphatic heterocycles. The monoisotopic (exact) mass is 362 g/mol. The Hall–Kier alpha value is -0.590. The van der Waals surface area contributed by atoms with Gasteiger partial charge >= 0.3 is 6.09 Å². The second-order valence-electron chi connectivity index (χ2n) is 5.61. The van der Waals surface area contributed by atoms with E-state index in [0.717, 1.165) is 24.0 Å². The molecule has 0 saturated heterocycles. The van der Waals surface area contributed by atoms with Gasteiger partial charge in [-0.3, -0.25) is 0 Å². The van der Waals surface area contributed by atoms with Crippen molar-refractivity contribution in [2.45, 2.75) is 52.3 Å². The first-order valence-electron chi connectivity index (χ1n) is 6.73. The number of hydrogen-bond acceptors (Lipinski definition) is 4. The second-order valence-corrected chi connectivity index (χ2v) is 7.52. The molecule has 0 spiro atoms. The van der Waals surface area contributed by atoms with Crippen LogP contribution in [0.25, 0.3) is 0 Å². The van der Waals surface area contributed by atoms with Gasteiger partial charge in [-0.15, -0.1) is 11.3 Å². The first-order valence-corrected chi connectivity index (χ1v) is 8.40. The highest BCUT2D eigenvalue weighted by Crippen LogP contribution is 2.19. The van der Waals surface area contributed by atoms with E-state index in [9.17, 15) is 4.79 Å². The number of nitrogens with one attached hydrogen (secondary N) is 2. The van der Waals surface area contributed by atoms with Gasteiger partial charge in [0.1, 0.15) is 5.60 Å². The molecule has 1 amide bonds. The summed E-state index contributed by atoms with van der Waals surface area (Å²) in [6.45, 7) is 9.17. The van der Waals surface area contributed by atoms with Gasteiger partial charge < -0.3 is 15.4 Å². The highest BCUT2D eigenvalue weighted by Gasteiger charge is 2.18. The topological polar surface area (TPSA) is 50.4 Å². The van der Waals surface area contributed by atoms with Crippen molar-refractivity contribution in [1.82, 2.24) is 10.6 Å². The SMILES string of the molecule is CCC(CNCc1cc(Br)cs1)NC(=O)OC(C)(C)C. The zero-order valence-electron chi connectivity index (χ0n) is 12.5. The number of carbonyl (C=O) groups excluding carboxylic acids is 1. The number of rotatable bonds is 6. The Labute approximate surface area is 133 Å². The summed E-state index contributed by atoms with van der Waals surface area (Å²) in [7, 11) is 0. The van der Waals surface area contributed by atoms with Crippen molar-refractivity contribution < 1.29 is 9.53 Å². The predicted octanol–water partition coefficient (Wildman–Crippen LogP) is 3.90. The quantitative estimate of drug-likeness (QED) is 0.806. The molecule has 20 heavy (non-hydrogen) atoms. The van der Waals surface area contributed by atoms with E-state index in [-0.39, 0.29) is 12.1 Å². The maximum Gasteiger partial charge on any atom is 0.407 e. The number of alkyl carbamates (subject to hydrolysis) is 1. The third-order valence-corrected chi connectivity index (χ3v) is 4.22. The molecule has 1 rings (SSSR count). The number of thiophene rings is 1. The van der Waals surface area contributed by atoms with E-state index >= 15 is 0 Å². The lowest BCUT2D eigenvalue weighted by Crippen LogP contribution is -2.43. The molecule has 2 N–H and O–H groups in total. The van der Waals surface area contributed by atoms with Gasteiger partial charge in [0.05, 0.1) is 0 Å². The fraction of sp³-hybridized carbons (Fsp3) is 0.643. The molecular formula is C14H23BrN2O2S. The zero-order chi connectivity index (χ0) is 15.2. The number of carbonyl (C=O) groups is 1. The van der Waals surface area contributed by atoms with Crippen LogP contribution in [0.5, 0.6) is 0 Å². The molecule has 1 aromatic rings. The Morgan fingerprint density at radius 3 is 2.70 bits per heavy atom. The normalized spacial score (nSPS) is 13.1. The Bertz CT molecular complexity index is 429. The summed E-state index contributed by atoms with van der Waals surface area (Å²) >= 11 is 5.15. The number of amides is 1. The maximum absolute atomic E-state index is 11.7. The van der Waals surface area contributed by atoms with Crippen LogP contribution in [0, 0.1) is 0 Å². The van der Waals surface area contributed by atoms with E-state index in [4.69, 9.17) is 4.74 Å². The second kappa shape index (κ2) is 8.00. The van der Waals surface area contributed by atoms with Crippen molar-refractivity contribution in [2.75, 3.05) is 6.54 Å². The van der Waals surface area contributed by atoms with Crippen LogP contribution in [-0.2, 0) is 11.3 Å². The minimum Gasteiger partial charge on any atom is -0.444 e. The van der Waals surface area contributed by atoms with Gasteiger partial charge in [-0.25, -0.2) is 4.79 Å². The van der Waals surface area contributed by atoms with Crippen LogP contribution in [0.3, 0.4) is 0 Å². The van der Waals surface area contributed by atoms with Gasteiger partial charge in [-0.1, -0.05) is 6.92 Å². The molecule has 1 heterocycles. The Balaban J connectivity index is 2.30. The van der Waals surface area contributed by atoms with Crippen molar-refractivity contribution in [1.29, 1.82) is 0 Å². The molecule has 4 nitrogen and oxygen atoms in total. The predicted molar refractivity (Wildman–Crippen MR) is 87.2 cm³/mol. The van der Waals surface area contributed by atoms with Gasteiger partial charge in [-0.05, 0) is 49.2 Å². The van der Waals surface area contributed by atoms with Crippen LogP contribution in [-0.4, -0.2) is 24.3 Å². The lowest BCUT2D eigenvalue weighted by molar-refractivity contribution is 0.0502. The van der Waals surface area contributed by atoms with Crippen molar-refractivity contribution in [3.8, 4) is 0 Å². The average molecular weight is 363 g/mol. The molecular weight excluding hydrogens is 340 g/mol. The molecule has 0 aliphatic rings. The first-order chi connectivity index (χ1) is 9.30. The molecule has 0 aromatic carbocycles. The third kappa shape index (κ3) is 7.26. The molecule has 1 aromatic heterocycles. The summed E-state index contributed by atoms with van der Waals surface area (Å²) in [5.74, 6) is 0. The van der Waals surface area contributed by atoms with E-state index in [0.29, 0.717) is 0 Å². The molecule has 1 atom stereocenters. The summed E-state index contributed by atoms with van der Waals surface area (Å²) in [5, 5.41) is 8.30. The standard InChI is InChI=1S/C14H23BrN2O2S/c1-5-11(17-13(18)19-14(2,3)4)7-16-8-12-6-10(15)9-20-12/h6,9,11,16H,5,7-8H2,1-4H3,(H,17,18). The maximum atomic E-state index is 11.7. The van der Waals surface area contributed by atoms with Crippen molar-refractivity contribution in [2.24, 2.45) is 0 Å². The summed E-state index contributed by atoms with van der Waals surface area (Å²) in [5.41, 5.74) is -0.459. The Kier molecular flexibility index (Phi) is 6.99. The number of ether oxygens (including phenoxy) is 1. The minimum atomic E-state index is -0.459. The summed E-state index contributed by atoms with van der Waals surface area (Å²) in [4.78, 5) is 13.0. The van der Waals surface area contributed by atoms with Crippen LogP contribution in [0.2, 0.25) is 0 Å². The average Bonchev–Trinajstić information content (AvgIpc) is 2.71. The highest BCUT2D eigenvalue weighted by molar-refractivity contribution is 9.10. The van der Waals surface area contributed by atoms with Gasteiger partial charge in [0.25, 0.3) is 0 Å². The largest absolute Gasteiger partial charge is 0.444 e. The molecule has 0 saturated carbocycles. The Morgan fingerprint density at radius 1 is 1.50 bits per heavy atom. The van der Waals surface area contributed by atoms with E-state index < -0.39 is 5.60 Å². The van der Waals surface area contributed by atoms with Crippen LogP contribution < -0.4 is 10.6 Å². The van der Waals surface area contributed by atoms with E-state index in [1.807, 2.05) is 27.7 Å². The molecule has 0 radical (unpaired) electrons. The molecule has 1 unspecified atom stereocenters. The molecule has 0 bridgehead atoms. The van der Waals surface area contributed by atoms with E-state index in [1.165, 1.54) is 4.88 Å².